The van der Waals surface area contributed by atoms with Gasteiger partial charge in [-0.1, -0.05) is 38.5 Å². The first kappa shape index (κ1) is 33.8. The highest BCUT2D eigenvalue weighted by atomic mass is 79.9. The maximum Gasteiger partial charge on any atom is 0.226 e. The molecule has 8 heteroatoms. The summed E-state index contributed by atoms with van der Waals surface area (Å²) < 4.78 is 0. The van der Waals surface area contributed by atoms with E-state index in [0.29, 0.717) is 11.8 Å². The Bertz CT molecular complexity index is 515. The second-order valence-corrected chi connectivity index (χ2v) is 10.6. The molecule has 2 aliphatic heterocycles. The fourth-order valence-electron chi connectivity index (χ4n) is 5.38. The molecule has 34 heavy (non-hydrogen) atoms. The Hall–Kier alpha value is -0.180. The molecule has 2 unspecified atom stereocenters. The van der Waals surface area contributed by atoms with Crippen molar-refractivity contribution >= 4 is 45.8 Å². The van der Waals surface area contributed by atoms with E-state index in [0.717, 1.165) is 65.0 Å². The van der Waals surface area contributed by atoms with Gasteiger partial charge in [-0.05, 0) is 64.7 Å². The number of carbonyl (C=O) groups excluding carboxylic acids is 2. The molecule has 202 valence electrons. The molecule has 0 spiro atoms. The number of nitrogens with zero attached hydrogens (tertiary/aromatic N) is 4. The van der Waals surface area contributed by atoms with E-state index < -0.39 is 0 Å². The van der Waals surface area contributed by atoms with Gasteiger partial charge in [0.1, 0.15) is 0 Å². The van der Waals surface area contributed by atoms with Gasteiger partial charge >= 0.3 is 0 Å². The van der Waals surface area contributed by atoms with Crippen LogP contribution in [0.1, 0.15) is 77.0 Å². The highest BCUT2D eigenvalue weighted by Gasteiger charge is 2.27. The minimum Gasteiger partial charge on any atom is -0.349 e. The van der Waals surface area contributed by atoms with Gasteiger partial charge < -0.3 is 19.6 Å². The van der Waals surface area contributed by atoms with Crippen LogP contribution in [0.15, 0.2) is 0 Å². The van der Waals surface area contributed by atoms with Gasteiger partial charge in [0.25, 0.3) is 0 Å². The summed E-state index contributed by atoms with van der Waals surface area (Å²) >= 11 is 0. The van der Waals surface area contributed by atoms with Crippen LogP contribution in [-0.2, 0) is 9.59 Å². The maximum atomic E-state index is 12.2. The van der Waals surface area contributed by atoms with Crippen molar-refractivity contribution in [2.24, 2.45) is 11.8 Å². The van der Waals surface area contributed by atoms with Crippen LogP contribution in [0.3, 0.4) is 0 Å². The van der Waals surface area contributed by atoms with Crippen LogP contribution < -0.4 is 0 Å². The second kappa shape index (κ2) is 19.0. The highest BCUT2D eigenvalue weighted by molar-refractivity contribution is 8.93. The molecule has 2 rings (SSSR count). The van der Waals surface area contributed by atoms with Gasteiger partial charge in [-0.3, -0.25) is 9.59 Å². The first-order valence-corrected chi connectivity index (χ1v) is 13.3. The predicted octanol–water partition coefficient (Wildman–Crippen LogP) is 4.86. The lowest BCUT2D eigenvalue weighted by molar-refractivity contribution is -0.135. The SMILES string of the molecule is Br.Br.CN(C)C(=O)C1CCCN(CCCCCCCCCCN2CCCC(C(=O)N(C)C)C2)C1. The maximum absolute atomic E-state index is 12.2. The van der Waals surface area contributed by atoms with Gasteiger partial charge in [0.2, 0.25) is 11.8 Å². The molecule has 0 bridgehead atoms. The van der Waals surface area contributed by atoms with E-state index in [4.69, 9.17) is 0 Å². The monoisotopic (exact) mass is 610 g/mol. The Morgan fingerprint density at radius 3 is 1.26 bits per heavy atom. The molecule has 0 aromatic heterocycles. The van der Waals surface area contributed by atoms with E-state index in [1.54, 1.807) is 9.80 Å². The Labute approximate surface area is 230 Å². The van der Waals surface area contributed by atoms with Gasteiger partial charge in [-0.15, -0.1) is 34.0 Å². The summed E-state index contributed by atoms with van der Waals surface area (Å²) in [6.45, 7) is 6.56. The van der Waals surface area contributed by atoms with E-state index >= 15 is 0 Å². The van der Waals surface area contributed by atoms with Gasteiger partial charge in [-0.25, -0.2) is 0 Å². The van der Waals surface area contributed by atoms with Crippen molar-refractivity contribution in [1.82, 2.24) is 19.6 Å². The number of carbonyl (C=O) groups is 2. The van der Waals surface area contributed by atoms with E-state index in [-0.39, 0.29) is 45.8 Å². The molecule has 0 saturated carbocycles. The molecular weight excluding hydrogens is 560 g/mol. The van der Waals surface area contributed by atoms with Crippen molar-refractivity contribution in [1.29, 1.82) is 0 Å². The van der Waals surface area contributed by atoms with E-state index in [2.05, 4.69) is 9.80 Å². The van der Waals surface area contributed by atoms with Crippen molar-refractivity contribution in [3.63, 3.8) is 0 Å². The molecular formula is C26H52Br2N4O2. The molecule has 0 N–H and O–H groups in total. The van der Waals surface area contributed by atoms with Crippen LogP contribution in [0.2, 0.25) is 0 Å². The van der Waals surface area contributed by atoms with E-state index in [1.165, 1.54) is 51.4 Å². The standard InChI is InChI=1S/C26H50N4O2.2BrH/c1-27(2)25(31)23-15-13-19-29(21-23)17-11-9-7-5-6-8-10-12-18-30-20-14-16-24(22-30)26(32)28(3)4;;/h23-24H,5-22H2,1-4H3;2*1H. The minimum absolute atomic E-state index is 0. The minimum atomic E-state index is 0. The Morgan fingerprint density at radius 2 is 0.941 bits per heavy atom. The molecule has 0 radical (unpaired) electrons. The Kier molecular flexibility index (Phi) is 18.9. The largest absolute Gasteiger partial charge is 0.349 e. The van der Waals surface area contributed by atoms with Gasteiger partial charge in [0.05, 0.1) is 11.8 Å². The Morgan fingerprint density at radius 1 is 0.618 bits per heavy atom. The quantitative estimate of drug-likeness (QED) is 0.279. The summed E-state index contributed by atoms with van der Waals surface area (Å²) in [6.07, 6.45) is 15.0. The van der Waals surface area contributed by atoms with Gasteiger partial charge in [-0.2, -0.15) is 0 Å². The highest BCUT2D eigenvalue weighted by Crippen LogP contribution is 2.20. The van der Waals surface area contributed by atoms with Crippen LogP contribution in [-0.4, -0.2) is 98.9 Å². The average Bonchev–Trinajstić information content (AvgIpc) is 2.79. The zero-order valence-electron chi connectivity index (χ0n) is 22.3. The van der Waals surface area contributed by atoms with Crippen molar-refractivity contribution in [3.05, 3.63) is 0 Å². The molecule has 0 aromatic carbocycles. The molecule has 0 aromatic rings. The van der Waals surface area contributed by atoms with Crippen LogP contribution >= 0.6 is 34.0 Å². The summed E-state index contributed by atoms with van der Waals surface area (Å²) in [5.74, 6) is 1.03. The first-order valence-electron chi connectivity index (χ1n) is 13.3. The Balaban J connectivity index is 0.00000544. The summed E-state index contributed by atoms with van der Waals surface area (Å²) in [4.78, 5) is 32.9. The van der Waals surface area contributed by atoms with Crippen LogP contribution in [0.5, 0.6) is 0 Å². The van der Waals surface area contributed by atoms with Crippen molar-refractivity contribution in [2.45, 2.75) is 77.0 Å². The summed E-state index contributed by atoms with van der Waals surface area (Å²) in [6, 6.07) is 0. The zero-order valence-corrected chi connectivity index (χ0v) is 25.7. The molecule has 0 aliphatic carbocycles. The number of rotatable bonds is 13. The average molecular weight is 613 g/mol. The molecule has 2 heterocycles. The fraction of sp³-hybridized carbons (Fsp3) is 0.923. The van der Waals surface area contributed by atoms with E-state index in [9.17, 15) is 9.59 Å². The molecule has 2 fully saturated rings. The number of likely N-dealkylation sites (tertiary alicyclic amines) is 2. The molecule has 2 atom stereocenters. The number of amides is 2. The second-order valence-electron chi connectivity index (χ2n) is 10.6. The molecule has 2 amide bonds. The van der Waals surface area contributed by atoms with Crippen molar-refractivity contribution in [3.8, 4) is 0 Å². The number of hydrogen-bond acceptors (Lipinski definition) is 4. The van der Waals surface area contributed by atoms with Crippen molar-refractivity contribution < 1.29 is 9.59 Å². The lowest BCUT2D eigenvalue weighted by Gasteiger charge is -2.33. The zero-order chi connectivity index (χ0) is 23.3. The number of piperidine rings is 2. The number of unbranched alkanes of at least 4 members (excludes halogenated alkanes) is 7. The topological polar surface area (TPSA) is 47.1 Å². The van der Waals surface area contributed by atoms with Crippen LogP contribution in [0, 0.1) is 11.8 Å². The summed E-state index contributed by atoms with van der Waals surface area (Å²) in [5.41, 5.74) is 0. The molecule has 6 nitrogen and oxygen atoms in total. The third-order valence-electron chi connectivity index (χ3n) is 7.29. The summed E-state index contributed by atoms with van der Waals surface area (Å²) in [5, 5.41) is 0. The fourth-order valence-corrected chi connectivity index (χ4v) is 5.38. The van der Waals surface area contributed by atoms with E-state index in [1.807, 2.05) is 28.2 Å². The smallest absolute Gasteiger partial charge is 0.226 e. The summed E-state index contributed by atoms with van der Waals surface area (Å²) in [7, 11) is 7.50. The van der Waals surface area contributed by atoms with Gasteiger partial charge in [0, 0.05) is 41.3 Å². The molecule has 2 saturated heterocycles. The van der Waals surface area contributed by atoms with Crippen LogP contribution in [0.4, 0.5) is 0 Å². The number of halogens is 2. The first-order chi connectivity index (χ1) is 15.4. The molecule has 2 aliphatic rings. The normalized spacial score (nSPS) is 21.3. The lowest BCUT2D eigenvalue weighted by Crippen LogP contribution is -2.42. The predicted molar refractivity (Wildman–Crippen MR) is 153 cm³/mol. The third-order valence-corrected chi connectivity index (χ3v) is 7.29. The van der Waals surface area contributed by atoms with Gasteiger partial charge in [0.15, 0.2) is 0 Å². The van der Waals surface area contributed by atoms with Crippen LogP contribution in [0.25, 0.3) is 0 Å². The third kappa shape index (κ3) is 12.7. The number of hydrogen-bond donors (Lipinski definition) is 0. The lowest BCUT2D eigenvalue weighted by atomic mass is 9.96. The van der Waals surface area contributed by atoms with Crippen molar-refractivity contribution in [2.75, 3.05) is 67.5 Å².